The van der Waals surface area contributed by atoms with Gasteiger partial charge in [0.2, 0.25) is 12.1 Å². The summed E-state index contributed by atoms with van der Waals surface area (Å²) in [6.45, 7) is 8.61. The minimum atomic E-state index is -0.907. The van der Waals surface area contributed by atoms with Crippen molar-refractivity contribution >= 4 is 11.9 Å². The van der Waals surface area contributed by atoms with Gasteiger partial charge in [-0.3, -0.25) is 14.3 Å². The summed E-state index contributed by atoms with van der Waals surface area (Å²) >= 11 is 0. The number of fused-ring (bicyclic) bond motifs is 1. The molecule has 5 heteroatoms. The number of ether oxygens (including phenoxy) is 3. The van der Waals surface area contributed by atoms with E-state index in [9.17, 15) is 9.59 Å². The van der Waals surface area contributed by atoms with E-state index in [1.165, 1.54) is 0 Å². The van der Waals surface area contributed by atoms with Gasteiger partial charge in [0.1, 0.15) is 0 Å². The molecule has 3 unspecified atom stereocenters. The highest BCUT2D eigenvalue weighted by Crippen LogP contribution is 2.83. The SMILES string of the molecule is C[C@@H]1CC[C@]23C4C(=O)O[C@@]2(C1)OC1OC(=O)C4[C@@]1(C)C3(C)C. The van der Waals surface area contributed by atoms with Crippen LogP contribution in [0.15, 0.2) is 0 Å². The first-order chi connectivity index (χ1) is 10.2. The van der Waals surface area contributed by atoms with Crippen molar-refractivity contribution in [3.8, 4) is 0 Å². The highest BCUT2D eigenvalue weighted by molar-refractivity contribution is 5.89. The fourth-order valence-electron chi connectivity index (χ4n) is 6.79. The van der Waals surface area contributed by atoms with Crippen LogP contribution in [-0.4, -0.2) is 24.0 Å². The van der Waals surface area contributed by atoms with Gasteiger partial charge in [-0.15, -0.1) is 0 Å². The highest BCUT2D eigenvalue weighted by atomic mass is 16.8. The second kappa shape index (κ2) is 3.23. The molecule has 3 aliphatic heterocycles. The smallest absolute Gasteiger partial charge is 0.313 e. The zero-order valence-electron chi connectivity index (χ0n) is 13.5. The third-order valence-corrected chi connectivity index (χ3v) is 8.08. The van der Waals surface area contributed by atoms with Crippen molar-refractivity contribution in [2.24, 2.45) is 34.0 Å². The first-order valence-electron chi connectivity index (χ1n) is 8.32. The molecule has 120 valence electrons. The fraction of sp³-hybridized carbons (Fsp3) is 0.882. The van der Waals surface area contributed by atoms with E-state index >= 15 is 0 Å². The predicted molar refractivity (Wildman–Crippen MR) is 74.1 cm³/mol. The zero-order chi connectivity index (χ0) is 15.7. The number of rotatable bonds is 0. The Morgan fingerprint density at radius 1 is 1.09 bits per heavy atom. The van der Waals surface area contributed by atoms with Crippen LogP contribution in [0.1, 0.15) is 47.0 Å². The van der Waals surface area contributed by atoms with Crippen LogP contribution in [0.4, 0.5) is 0 Å². The van der Waals surface area contributed by atoms with Crippen molar-refractivity contribution in [3.05, 3.63) is 0 Å². The quantitative estimate of drug-likeness (QED) is 0.642. The molecule has 5 rings (SSSR count). The van der Waals surface area contributed by atoms with Crippen molar-refractivity contribution < 1.29 is 23.8 Å². The standard InChI is InChI=1S/C17H22O5/c1-8-5-6-16-10-9-11(18)20-13(15(9,4)14(16,2)3)22-17(16,7-8)21-12(10)19/h8-10,13H,5-7H2,1-4H3/t8-,9?,10?,13?,15-,16-,17+/m1/s1. The Kier molecular flexibility index (Phi) is 1.96. The summed E-state index contributed by atoms with van der Waals surface area (Å²) in [4.78, 5) is 25.3. The largest absolute Gasteiger partial charge is 0.435 e. The molecule has 3 saturated heterocycles. The van der Waals surface area contributed by atoms with Gasteiger partial charge >= 0.3 is 11.9 Å². The normalized spacial score (nSPS) is 60.0. The van der Waals surface area contributed by atoms with Gasteiger partial charge < -0.3 is 9.47 Å². The van der Waals surface area contributed by atoms with Gasteiger partial charge in [0.05, 0.1) is 22.7 Å². The van der Waals surface area contributed by atoms with Gasteiger partial charge in [0.15, 0.2) is 0 Å². The van der Waals surface area contributed by atoms with E-state index in [-0.39, 0.29) is 17.4 Å². The van der Waals surface area contributed by atoms with E-state index in [2.05, 4.69) is 27.7 Å². The van der Waals surface area contributed by atoms with Gasteiger partial charge in [0.25, 0.3) is 0 Å². The second-order valence-electron chi connectivity index (χ2n) is 8.74. The van der Waals surface area contributed by atoms with Crippen LogP contribution < -0.4 is 0 Å². The first kappa shape index (κ1) is 13.3. The minimum absolute atomic E-state index is 0.253. The fourth-order valence-corrected chi connectivity index (χ4v) is 6.79. The maximum absolute atomic E-state index is 12.8. The summed E-state index contributed by atoms with van der Waals surface area (Å²) in [6, 6.07) is 0. The molecule has 0 radical (unpaired) electrons. The lowest BCUT2D eigenvalue weighted by Crippen LogP contribution is -2.67. The van der Waals surface area contributed by atoms with Crippen molar-refractivity contribution in [1.29, 1.82) is 0 Å². The lowest BCUT2D eigenvalue weighted by Gasteiger charge is -2.62. The van der Waals surface area contributed by atoms with E-state index in [1.54, 1.807) is 0 Å². The lowest BCUT2D eigenvalue weighted by molar-refractivity contribution is -0.400. The van der Waals surface area contributed by atoms with Crippen molar-refractivity contribution in [2.75, 3.05) is 0 Å². The highest BCUT2D eigenvalue weighted by Gasteiger charge is 2.92. The summed E-state index contributed by atoms with van der Waals surface area (Å²) in [5.74, 6) is -1.86. The van der Waals surface area contributed by atoms with Crippen LogP contribution in [0, 0.1) is 34.0 Å². The van der Waals surface area contributed by atoms with E-state index in [0.29, 0.717) is 12.3 Å². The zero-order valence-corrected chi connectivity index (χ0v) is 13.5. The molecule has 5 nitrogen and oxygen atoms in total. The first-order valence-corrected chi connectivity index (χ1v) is 8.32. The van der Waals surface area contributed by atoms with Crippen molar-refractivity contribution in [2.45, 2.75) is 59.0 Å². The van der Waals surface area contributed by atoms with E-state index in [1.807, 2.05) is 0 Å². The van der Waals surface area contributed by atoms with Gasteiger partial charge in [-0.2, -0.15) is 0 Å². The molecule has 2 saturated carbocycles. The Morgan fingerprint density at radius 3 is 2.55 bits per heavy atom. The van der Waals surface area contributed by atoms with Crippen LogP contribution in [0.2, 0.25) is 0 Å². The van der Waals surface area contributed by atoms with Gasteiger partial charge in [-0.25, -0.2) is 0 Å². The van der Waals surface area contributed by atoms with E-state index in [4.69, 9.17) is 14.2 Å². The maximum atomic E-state index is 12.8. The number of esters is 2. The molecule has 0 amide bonds. The molecule has 0 aromatic carbocycles. The Hall–Kier alpha value is -1.10. The average molecular weight is 306 g/mol. The third-order valence-electron chi connectivity index (χ3n) is 8.08. The number of hydrogen-bond acceptors (Lipinski definition) is 5. The molecule has 22 heavy (non-hydrogen) atoms. The van der Waals surface area contributed by atoms with Gasteiger partial charge in [-0.1, -0.05) is 27.7 Å². The third kappa shape index (κ3) is 0.925. The molecular weight excluding hydrogens is 284 g/mol. The summed E-state index contributed by atoms with van der Waals surface area (Å²) in [5, 5.41) is 0. The molecule has 3 heterocycles. The monoisotopic (exact) mass is 306 g/mol. The molecule has 0 aromatic rings. The van der Waals surface area contributed by atoms with Gasteiger partial charge in [-0.05, 0) is 24.2 Å². The Balaban J connectivity index is 1.85. The van der Waals surface area contributed by atoms with Crippen molar-refractivity contribution in [3.63, 3.8) is 0 Å². The van der Waals surface area contributed by atoms with Crippen LogP contribution >= 0.6 is 0 Å². The summed E-state index contributed by atoms with van der Waals surface area (Å²) < 4.78 is 17.8. The predicted octanol–water partition coefficient (Wildman–Crippen LogP) is 2.24. The minimum Gasteiger partial charge on any atom is -0.435 e. The topological polar surface area (TPSA) is 61.8 Å². The average Bonchev–Trinajstić information content (AvgIpc) is 2.84. The molecule has 5 fully saturated rings. The molecule has 0 aromatic heterocycles. The maximum Gasteiger partial charge on any atom is 0.313 e. The number of carbonyl (C=O) groups excluding carboxylic acids is 2. The van der Waals surface area contributed by atoms with Gasteiger partial charge in [0, 0.05) is 6.42 Å². The molecule has 0 N–H and O–H groups in total. The van der Waals surface area contributed by atoms with Crippen LogP contribution in [-0.2, 0) is 23.8 Å². The molecule has 1 spiro atoms. The second-order valence-corrected chi connectivity index (χ2v) is 8.74. The van der Waals surface area contributed by atoms with E-state index < -0.39 is 34.7 Å². The Labute approximate surface area is 129 Å². The Bertz CT molecular complexity index is 627. The number of hydrogen-bond donors (Lipinski definition) is 0. The lowest BCUT2D eigenvalue weighted by atomic mass is 9.48. The number of carbonyl (C=O) groups is 2. The Morgan fingerprint density at radius 2 is 1.82 bits per heavy atom. The molecule has 5 aliphatic rings. The van der Waals surface area contributed by atoms with Crippen LogP contribution in [0.5, 0.6) is 0 Å². The van der Waals surface area contributed by atoms with E-state index in [0.717, 1.165) is 12.8 Å². The summed E-state index contributed by atoms with van der Waals surface area (Å²) in [6.07, 6.45) is 2.03. The molecular formula is C17H22O5. The molecule has 2 aliphatic carbocycles. The summed E-state index contributed by atoms with van der Waals surface area (Å²) in [5.41, 5.74) is -1.12. The molecule has 7 atom stereocenters. The molecule has 2 bridgehead atoms. The summed E-state index contributed by atoms with van der Waals surface area (Å²) in [7, 11) is 0. The van der Waals surface area contributed by atoms with Crippen LogP contribution in [0.25, 0.3) is 0 Å². The van der Waals surface area contributed by atoms with Crippen LogP contribution in [0.3, 0.4) is 0 Å². The van der Waals surface area contributed by atoms with Crippen molar-refractivity contribution in [1.82, 2.24) is 0 Å².